The van der Waals surface area contributed by atoms with Crippen LogP contribution < -0.4 is 0 Å². The van der Waals surface area contributed by atoms with Crippen LogP contribution in [0.25, 0.3) is 0 Å². The molecule has 0 radical (unpaired) electrons. The monoisotopic (exact) mass is 280 g/mol. The van der Waals surface area contributed by atoms with E-state index in [1.54, 1.807) is 6.92 Å². The molecule has 20 heavy (non-hydrogen) atoms. The van der Waals surface area contributed by atoms with Gasteiger partial charge in [-0.15, -0.1) is 0 Å². The average Bonchev–Trinajstić information content (AvgIpc) is 2.89. The highest BCUT2D eigenvalue weighted by Gasteiger charge is 2.32. The maximum absolute atomic E-state index is 12.0. The van der Waals surface area contributed by atoms with E-state index >= 15 is 0 Å². The number of rotatable bonds is 5. The third-order valence-corrected chi connectivity index (χ3v) is 3.90. The number of carbonyl (C=O) groups excluding carboxylic acids is 1. The smallest absolute Gasteiger partial charge is 0.318 e. The number of hydrogen-bond acceptors (Lipinski definition) is 5. The molecule has 0 saturated heterocycles. The highest BCUT2D eigenvalue weighted by atomic mass is 16.5. The molecule has 1 unspecified atom stereocenters. The van der Waals surface area contributed by atoms with Crippen LogP contribution in [0.1, 0.15) is 76.4 Å². The van der Waals surface area contributed by atoms with Gasteiger partial charge in [-0.25, -0.2) is 0 Å². The maximum atomic E-state index is 12.0. The van der Waals surface area contributed by atoms with Crippen molar-refractivity contribution in [2.45, 2.75) is 64.7 Å². The third-order valence-electron chi connectivity index (χ3n) is 3.90. The first-order chi connectivity index (χ1) is 9.63. The summed E-state index contributed by atoms with van der Waals surface area (Å²) in [6.45, 7) is 6.10. The minimum absolute atomic E-state index is 0.0775. The molecule has 5 nitrogen and oxygen atoms in total. The summed E-state index contributed by atoms with van der Waals surface area (Å²) in [6.07, 6.45) is 5.97. The van der Waals surface area contributed by atoms with Gasteiger partial charge in [0.15, 0.2) is 5.82 Å². The number of ether oxygens (including phenoxy) is 1. The molecule has 0 spiro atoms. The summed E-state index contributed by atoms with van der Waals surface area (Å²) in [4.78, 5) is 16.5. The van der Waals surface area contributed by atoms with Gasteiger partial charge in [0.2, 0.25) is 5.89 Å². The molecule has 2 rings (SSSR count). The zero-order valence-corrected chi connectivity index (χ0v) is 12.6. The molecule has 0 N–H and O–H groups in total. The van der Waals surface area contributed by atoms with E-state index in [1.807, 2.05) is 13.8 Å². The molecule has 0 aliphatic heterocycles. The second kappa shape index (κ2) is 6.86. The fourth-order valence-electron chi connectivity index (χ4n) is 2.79. The van der Waals surface area contributed by atoms with Gasteiger partial charge in [-0.05, 0) is 25.7 Å². The van der Waals surface area contributed by atoms with Crippen molar-refractivity contribution in [2.75, 3.05) is 6.61 Å². The lowest BCUT2D eigenvalue weighted by molar-refractivity contribution is -0.146. The SMILES string of the molecule is CCOC(=O)C(c1nc(C2CCCCC2)no1)C(C)C. The summed E-state index contributed by atoms with van der Waals surface area (Å²) in [7, 11) is 0. The Hall–Kier alpha value is -1.39. The number of aromatic nitrogens is 2. The Morgan fingerprint density at radius 3 is 2.65 bits per heavy atom. The minimum Gasteiger partial charge on any atom is -0.465 e. The zero-order valence-electron chi connectivity index (χ0n) is 12.6. The van der Waals surface area contributed by atoms with Crippen LogP contribution in [0.5, 0.6) is 0 Å². The quantitative estimate of drug-likeness (QED) is 0.773. The molecule has 1 fully saturated rings. The molecule has 0 bridgehead atoms. The summed E-state index contributed by atoms with van der Waals surface area (Å²) in [6, 6.07) is 0. The lowest BCUT2D eigenvalue weighted by atomic mass is 9.89. The Morgan fingerprint density at radius 1 is 1.35 bits per heavy atom. The van der Waals surface area contributed by atoms with E-state index in [0.29, 0.717) is 18.4 Å². The van der Waals surface area contributed by atoms with Crippen molar-refractivity contribution in [2.24, 2.45) is 5.92 Å². The van der Waals surface area contributed by atoms with Crippen LogP contribution in [0.4, 0.5) is 0 Å². The number of carbonyl (C=O) groups is 1. The Balaban J connectivity index is 2.13. The van der Waals surface area contributed by atoms with Crippen molar-refractivity contribution >= 4 is 5.97 Å². The summed E-state index contributed by atoms with van der Waals surface area (Å²) in [5.74, 6) is 0.889. The molecule has 1 atom stereocenters. The van der Waals surface area contributed by atoms with E-state index in [2.05, 4.69) is 10.1 Å². The number of nitrogens with zero attached hydrogens (tertiary/aromatic N) is 2. The molecular formula is C15H24N2O3. The normalized spacial score (nSPS) is 18.2. The van der Waals surface area contributed by atoms with Crippen molar-refractivity contribution in [1.82, 2.24) is 10.1 Å². The number of hydrogen-bond donors (Lipinski definition) is 0. The standard InChI is InChI=1S/C15H24N2O3/c1-4-19-15(18)12(10(2)3)14-16-13(17-20-14)11-8-6-5-7-9-11/h10-12H,4-9H2,1-3H3. The number of esters is 1. The fraction of sp³-hybridized carbons (Fsp3) is 0.800. The van der Waals surface area contributed by atoms with Gasteiger partial charge in [0.1, 0.15) is 5.92 Å². The lowest BCUT2D eigenvalue weighted by Crippen LogP contribution is -2.21. The zero-order chi connectivity index (χ0) is 14.5. The molecular weight excluding hydrogens is 256 g/mol. The Kier molecular flexibility index (Phi) is 5.15. The van der Waals surface area contributed by atoms with Crippen LogP contribution in [0.2, 0.25) is 0 Å². The third kappa shape index (κ3) is 3.38. The van der Waals surface area contributed by atoms with Crippen LogP contribution >= 0.6 is 0 Å². The van der Waals surface area contributed by atoms with Gasteiger partial charge >= 0.3 is 5.97 Å². The highest BCUT2D eigenvalue weighted by Crippen LogP contribution is 2.32. The predicted octanol–water partition coefficient (Wildman–Crippen LogP) is 3.42. The minimum atomic E-state index is -0.459. The average molecular weight is 280 g/mol. The first-order valence-electron chi connectivity index (χ1n) is 7.63. The summed E-state index contributed by atoms with van der Waals surface area (Å²) in [5, 5.41) is 4.09. The van der Waals surface area contributed by atoms with Gasteiger partial charge < -0.3 is 9.26 Å². The summed E-state index contributed by atoms with van der Waals surface area (Å²) < 4.78 is 10.5. The second-order valence-electron chi connectivity index (χ2n) is 5.80. The molecule has 1 aromatic heterocycles. The first-order valence-corrected chi connectivity index (χ1v) is 7.63. The molecule has 5 heteroatoms. The second-order valence-corrected chi connectivity index (χ2v) is 5.80. The summed E-state index contributed by atoms with van der Waals surface area (Å²) >= 11 is 0. The van der Waals surface area contributed by atoms with Crippen LogP contribution in [0.15, 0.2) is 4.52 Å². The van der Waals surface area contributed by atoms with E-state index in [9.17, 15) is 4.79 Å². The Morgan fingerprint density at radius 2 is 2.05 bits per heavy atom. The molecule has 0 aromatic carbocycles. The van der Waals surface area contributed by atoms with Gasteiger partial charge in [-0.2, -0.15) is 4.98 Å². The van der Waals surface area contributed by atoms with Crippen LogP contribution in [-0.4, -0.2) is 22.7 Å². The van der Waals surface area contributed by atoms with Crippen molar-refractivity contribution < 1.29 is 14.1 Å². The Bertz CT molecular complexity index is 436. The molecule has 0 amide bonds. The topological polar surface area (TPSA) is 65.2 Å². The van der Waals surface area contributed by atoms with Gasteiger partial charge in [0.05, 0.1) is 6.61 Å². The van der Waals surface area contributed by atoms with Gasteiger partial charge in [0, 0.05) is 5.92 Å². The molecule has 1 aliphatic rings. The van der Waals surface area contributed by atoms with E-state index in [0.717, 1.165) is 18.7 Å². The lowest BCUT2D eigenvalue weighted by Gasteiger charge is -2.18. The van der Waals surface area contributed by atoms with E-state index in [-0.39, 0.29) is 11.9 Å². The van der Waals surface area contributed by atoms with Crippen LogP contribution in [0.3, 0.4) is 0 Å². The summed E-state index contributed by atoms with van der Waals surface area (Å²) in [5.41, 5.74) is 0. The van der Waals surface area contributed by atoms with Gasteiger partial charge in [0.25, 0.3) is 0 Å². The van der Waals surface area contributed by atoms with Gasteiger partial charge in [-0.1, -0.05) is 38.3 Å². The molecule has 1 heterocycles. The van der Waals surface area contributed by atoms with Crippen LogP contribution in [0, 0.1) is 5.92 Å². The van der Waals surface area contributed by atoms with Crippen molar-refractivity contribution in [1.29, 1.82) is 0 Å². The van der Waals surface area contributed by atoms with E-state index in [4.69, 9.17) is 9.26 Å². The van der Waals surface area contributed by atoms with Crippen molar-refractivity contribution in [3.63, 3.8) is 0 Å². The first kappa shape index (κ1) is 15.0. The van der Waals surface area contributed by atoms with E-state index < -0.39 is 5.92 Å². The van der Waals surface area contributed by atoms with Crippen molar-refractivity contribution in [3.8, 4) is 0 Å². The Labute approximate surface area is 120 Å². The van der Waals surface area contributed by atoms with Crippen LogP contribution in [-0.2, 0) is 9.53 Å². The maximum Gasteiger partial charge on any atom is 0.318 e. The predicted molar refractivity (Wildman–Crippen MR) is 74.3 cm³/mol. The van der Waals surface area contributed by atoms with E-state index in [1.165, 1.54) is 19.3 Å². The molecule has 1 aliphatic carbocycles. The van der Waals surface area contributed by atoms with Gasteiger partial charge in [-0.3, -0.25) is 4.79 Å². The van der Waals surface area contributed by atoms with Crippen molar-refractivity contribution in [3.05, 3.63) is 11.7 Å². The largest absolute Gasteiger partial charge is 0.465 e. The molecule has 1 aromatic rings. The highest BCUT2D eigenvalue weighted by molar-refractivity contribution is 5.77. The molecule has 1 saturated carbocycles. The fourth-order valence-corrected chi connectivity index (χ4v) is 2.79. The molecule has 112 valence electrons.